The standard InChI is InChI=1S/C9H12N2O3/c12-9(13)7-5-11-14-8(7)6-1-3-10-4-2-6/h5-6,10H,1-4H2,(H,12,13). The molecule has 1 aromatic heterocycles. The van der Waals surface area contributed by atoms with Crippen molar-refractivity contribution in [2.24, 2.45) is 0 Å². The molecule has 1 aromatic rings. The van der Waals surface area contributed by atoms with Crippen molar-refractivity contribution in [2.75, 3.05) is 13.1 Å². The first-order valence-corrected chi connectivity index (χ1v) is 4.67. The molecule has 2 rings (SSSR count). The molecule has 5 nitrogen and oxygen atoms in total. The molecule has 0 aromatic carbocycles. The second-order valence-electron chi connectivity index (χ2n) is 3.43. The zero-order chi connectivity index (χ0) is 9.97. The van der Waals surface area contributed by atoms with E-state index in [0.717, 1.165) is 25.9 Å². The Kier molecular flexibility index (Phi) is 2.49. The summed E-state index contributed by atoms with van der Waals surface area (Å²) in [5, 5.41) is 15.6. The molecule has 0 bridgehead atoms. The molecule has 0 unspecified atom stereocenters. The fraction of sp³-hybridized carbons (Fsp3) is 0.556. The van der Waals surface area contributed by atoms with Gasteiger partial charge in [-0.25, -0.2) is 4.79 Å². The summed E-state index contributed by atoms with van der Waals surface area (Å²) in [7, 11) is 0. The smallest absolute Gasteiger partial charge is 0.340 e. The third-order valence-electron chi connectivity index (χ3n) is 2.54. The third-order valence-corrected chi connectivity index (χ3v) is 2.54. The van der Waals surface area contributed by atoms with Crippen LogP contribution in [0.3, 0.4) is 0 Å². The quantitative estimate of drug-likeness (QED) is 0.733. The summed E-state index contributed by atoms with van der Waals surface area (Å²) in [6, 6.07) is 0. The molecule has 0 amide bonds. The van der Waals surface area contributed by atoms with Crippen LogP contribution in [0.5, 0.6) is 0 Å². The molecule has 0 radical (unpaired) electrons. The predicted molar refractivity (Wildman–Crippen MR) is 48.3 cm³/mol. The molecule has 0 atom stereocenters. The molecule has 1 aliphatic rings. The number of nitrogens with one attached hydrogen (secondary N) is 1. The summed E-state index contributed by atoms with van der Waals surface area (Å²) in [6.45, 7) is 1.81. The molecule has 1 fully saturated rings. The van der Waals surface area contributed by atoms with E-state index in [-0.39, 0.29) is 11.5 Å². The van der Waals surface area contributed by atoms with Crippen molar-refractivity contribution >= 4 is 5.97 Å². The molecule has 14 heavy (non-hydrogen) atoms. The van der Waals surface area contributed by atoms with Gasteiger partial charge in [0, 0.05) is 5.92 Å². The van der Waals surface area contributed by atoms with Crippen molar-refractivity contribution in [3.8, 4) is 0 Å². The van der Waals surface area contributed by atoms with Crippen LogP contribution in [-0.4, -0.2) is 29.3 Å². The number of hydrogen-bond acceptors (Lipinski definition) is 4. The van der Waals surface area contributed by atoms with Crippen LogP contribution < -0.4 is 5.32 Å². The van der Waals surface area contributed by atoms with Crippen molar-refractivity contribution < 1.29 is 14.4 Å². The fourth-order valence-electron chi connectivity index (χ4n) is 1.79. The first-order chi connectivity index (χ1) is 6.79. The van der Waals surface area contributed by atoms with Gasteiger partial charge >= 0.3 is 5.97 Å². The van der Waals surface area contributed by atoms with Gasteiger partial charge in [-0.2, -0.15) is 0 Å². The van der Waals surface area contributed by atoms with Crippen LogP contribution in [0.25, 0.3) is 0 Å². The van der Waals surface area contributed by atoms with Crippen LogP contribution in [0.2, 0.25) is 0 Å². The minimum absolute atomic E-state index is 0.199. The van der Waals surface area contributed by atoms with Crippen molar-refractivity contribution in [1.29, 1.82) is 0 Å². The van der Waals surface area contributed by atoms with Gasteiger partial charge in [0.2, 0.25) is 0 Å². The van der Waals surface area contributed by atoms with Gasteiger partial charge in [0.05, 0.1) is 6.20 Å². The number of carboxylic acid groups (broad SMARTS) is 1. The molecule has 1 saturated heterocycles. The second kappa shape index (κ2) is 3.79. The highest BCUT2D eigenvalue weighted by molar-refractivity contribution is 5.88. The van der Waals surface area contributed by atoms with Crippen molar-refractivity contribution in [3.63, 3.8) is 0 Å². The Bertz CT molecular complexity index is 329. The van der Waals surface area contributed by atoms with E-state index < -0.39 is 5.97 Å². The van der Waals surface area contributed by atoms with Crippen LogP contribution in [0, 0.1) is 0 Å². The summed E-state index contributed by atoms with van der Waals surface area (Å²) in [6.07, 6.45) is 3.10. The Hall–Kier alpha value is -1.36. The van der Waals surface area contributed by atoms with Gasteiger partial charge in [0.25, 0.3) is 0 Å². The molecule has 5 heteroatoms. The van der Waals surface area contributed by atoms with Gasteiger partial charge < -0.3 is 14.9 Å². The summed E-state index contributed by atoms with van der Waals surface area (Å²) >= 11 is 0. The maximum Gasteiger partial charge on any atom is 0.340 e. The minimum atomic E-state index is -0.959. The summed E-state index contributed by atoms with van der Waals surface area (Å²) in [5.74, 6) is -0.233. The SMILES string of the molecule is O=C(O)c1cnoc1C1CCNCC1. The number of aromatic carboxylic acids is 1. The van der Waals surface area contributed by atoms with Crippen LogP contribution in [0.1, 0.15) is 34.9 Å². The normalized spacial score (nSPS) is 18.3. The lowest BCUT2D eigenvalue weighted by Crippen LogP contribution is -2.27. The summed E-state index contributed by atoms with van der Waals surface area (Å²) in [5.41, 5.74) is 0.205. The largest absolute Gasteiger partial charge is 0.478 e. The first kappa shape index (κ1) is 9.21. The average Bonchev–Trinajstić information content (AvgIpc) is 2.67. The number of hydrogen-bond donors (Lipinski definition) is 2. The van der Waals surface area contributed by atoms with E-state index >= 15 is 0 Å². The van der Waals surface area contributed by atoms with Crippen molar-refractivity contribution in [2.45, 2.75) is 18.8 Å². The summed E-state index contributed by atoms with van der Waals surface area (Å²) in [4.78, 5) is 10.8. The van der Waals surface area contributed by atoms with Crippen LogP contribution in [-0.2, 0) is 0 Å². The van der Waals surface area contributed by atoms with Crippen LogP contribution in [0.15, 0.2) is 10.7 Å². The molecule has 0 spiro atoms. The molecule has 1 aliphatic heterocycles. The van der Waals surface area contributed by atoms with Gasteiger partial charge in [0.1, 0.15) is 5.56 Å². The average molecular weight is 196 g/mol. The topological polar surface area (TPSA) is 75.4 Å². The van der Waals surface area contributed by atoms with E-state index in [2.05, 4.69) is 10.5 Å². The third kappa shape index (κ3) is 1.63. The number of aromatic nitrogens is 1. The zero-order valence-electron chi connectivity index (χ0n) is 7.69. The maximum atomic E-state index is 10.8. The highest BCUT2D eigenvalue weighted by Gasteiger charge is 2.25. The Morgan fingerprint density at radius 2 is 2.29 bits per heavy atom. The van der Waals surface area contributed by atoms with E-state index in [4.69, 9.17) is 9.63 Å². The van der Waals surface area contributed by atoms with E-state index in [1.54, 1.807) is 0 Å². The lowest BCUT2D eigenvalue weighted by molar-refractivity contribution is 0.0693. The number of carbonyl (C=O) groups is 1. The molecular weight excluding hydrogens is 184 g/mol. The van der Waals surface area contributed by atoms with Gasteiger partial charge in [-0.15, -0.1) is 0 Å². The van der Waals surface area contributed by atoms with Gasteiger partial charge in [-0.1, -0.05) is 5.16 Å². The maximum absolute atomic E-state index is 10.8. The van der Waals surface area contributed by atoms with E-state index in [1.807, 2.05) is 0 Å². The molecule has 0 saturated carbocycles. The Balaban J connectivity index is 2.21. The second-order valence-corrected chi connectivity index (χ2v) is 3.43. The molecule has 0 aliphatic carbocycles. The molecule has 76 valence electrons. The number of rotatable bonds is 2. The number of piperidine rings is 1. The molecular formula is C9H12N2O3. The predicted octanol–water partition coefficient (Wildman–Crippen LogP) is 0.840. The number of carboxylic acids is 1. The van der Waals surface area contributed by atoms with Crippen molar-refractivity contribution in [3.05, 3.63) is 17.5 Å². The molecule has 2 N–H and O–H groups in total. The van der Waals surface area contributed by atoms with Crippen LogP contribution in [0.4, 0.5) is 0 Å². The fourth-order valence-corrected chi connectivity index (χ4v) is 1.79. The Labute approximate surface area is 81.1 Å². The van der Waals surface area contributed by atoms with Gasteiger partial charge in [0.15, 0.2) is 5.76 Å². The summed E-state index contributed by atoms with van der Waals surface area (Å²) < 4.78 is 5.01. The number of nitrogens with zero attached hydrogens (tertiary/aromatic N) is 1. The van der Waals surface area contributed by atoms with E-state index in [9.17, 15) is 4.79 Å². The van der Waals surface area contributed by atoms with Gasteiger partial charge in [-0.05, 0) is 25.9 Å². The van der Waals surface area contributed by atoms with Crippen LogP contribution >= 0.6 is 0 Å². The highest BCUT2D eigenvalue weighted by Crippen LogP contribution is 2.27. The lowest BCUT2D eigenvalue weighted by atomic mass is 9.93. The highest BCUT2D eigenvalue weighted by atomic mass is 16.5. The minimum Gasteiger partial charge on any atom is -0.478 e. The first-order valence-electron chi connectivity index (χ1n) is 4.67. The van der Waals surface area contributed by atoms with E-state index in [1.165, 1.54) is 6.20 Å². The van der Waals surface area contributed by atoms with Gasteiger partial charge in [-0.3, -0.25) is 0 Å². The van der Waals surface area contributed by atoms with E-state index in [0.29, 0.717) is 5.76 Å². The Morgan fingerprint density at radius 3 is 2.93 bits per heavy atom. The lowest BCUT2D eigenvalue weighted by Gasteiger charge is -2.20. The molecule has 2 heterocycles. The van der Waals surface area contributed by atoms with Crippen molar-refractivity contribution in [1.82, 2.24) is 10.5 Å². The Morgan fingerprint density at radius 1 is 1.57 bits per heavy atom. The zero-order valence-corrected chi connectivity index (χ0v) is 7.69. The monoisotopic (exact) mass is 196 g/mol.